The second-order valence-electron chi connectivity index (χ2n) is 1.99. The number of pyridine rings is 1. The second-order valence-corrected chi connectivity index (χ2v) is 2.80. The molecule has 1 heterocycles. The first-order valence-electron chi connectivity index (χ1n) is 3.03. The summed E-state index contributed by atoms with van der Waals surface area (Å²) in [6.07, 6.45) is 0. The average molecular weight is 212 g/mol. The molecule has 0 bridgehead atoms. The first-order chi connectivity index (χ1) is 5.26. The number of rotatable bonds is 1. The molecule has 0 radical (unpaired) electrons. The van der Waals surface area contributed by atoms with Crippen molar-refractivity contribution < 1.29 is 0 Å². The molecule has 0 fully saturated rings. The first kappa shape index (κ1) is 8.18. The molecule has 0 aliphatic carbocycles. The Hall–Kier alpha value is -0.920. The van der Waals surface area contributed by atoms with E-state index in [0.29, 0.717) is 16.7 Å². The third-order valence-corrected chi connectivity index (χ3v) is 1.59. The predicted molar refractivity (Wildman–Crippen MR) is 44.5 cm³/mol. The SMILES string of the molecule is N#Cc1cc(Br)nc(CN)c1. The van der Waals surface area contributed by atoms with Gasteiger partial charge in [-0.05, 0) is 28.1 Å². The summed E-state index contributed by atoms with van der Waals surface area (Å²) in [5, 5.41) is 8.54. The van der Waals surface area contributed by atoms with E-state index in [1.54, 1.807) is 12.1 Å². The molecule has 0 atom stereocenters. The summed E-state index contributed by atoms with van der Waals surface area (Å²) in [6.45, 7) is 0.355. The Morgan fingerprint density at radius 2 is 2.36 bits per heavy atom. The highest BCUT2D eigenvalue weighted by molar-refractivity contribution is 9.10. The molecule has 11 heavy (non-hydrogen) atoms. The van der Waals surface area contributed by atoms with Crippen LogP contribution in [-0.4, -0.2) is 4.98 Å². The lowest BCUT2D eigenvalue weighted by Crippen LogP contribution is -2.00. The second kappa shape index (κ2) is 3.46. The average Bonchev–Trinajstić information content (AvgIpc) is 2.03. The summed E-state index contributed by atoms with van der Waals surface area (Å²) in [7, 11) is 0. The lowest BCUT2D eigenvalue weighted by molar-refractivity contribution is 0.977. The Kier molecular flexibility index (Phi) is 2.58. The molecule has 1 aromatic rings. The van der Waals surface area contributed by atoms with Crippen molar-refractivity contribution in [3.63, 3.8) is 0 Å². The molecule has 56 valence electrons. The van der Waals surface area contributed by atoms with Crippen LogP contribution < -0.4 is 5.73 Å². The summed E-state index contributed by atoms with van der Waals surface area (Å²) >= 11 is 3.18. The molecule has 1 aromatic heterocycles. The standard InChI is InChI=1S/C7H6BrN3/c8-7-2-5(3-9)1-6(4-10)11-7/h1-2H,4,10H2. The van der Waals surface area contributed by atoms with Gasteiger partial charge in [0.05, 0.1) is 17.3 Å². The van der Waals surface area contributed by atoms with Gasteiger partial charge in [0.25, 0.3) is 0 Å². The number of nitrogens with zero attached hydrogens (tertiary/aromatic N) is 2. The van der Waals surface area contributed by atoms with Crippen LogP contribution in [0.15, 0.2) is 16.7 Å². The van der Waals surface area contributed by atoms with E-state index in [1.807, 2.05) is 6.07 Å². The van der Waals surface area contributed by atoms with Crippen LogP contribution in [0.25, 0.3) is 0 Å². The van der Waals surface area contributed by atoms with E-state index in [-0.39, 0.29) is 0 Å². The van der Waals surface area contributed by atoms with E-state index in [0.717, 1.165) is 5.69 Å². The number of aromatic nitrogens is 1. The molecule has 2 N–H and O–H groups in total. The Morgan fingerprint density at radius 3 is 2.91 bits per heavy atom. The smallest absolute Gasteiger partial charge is 0.107 e. The lowest BCUT2D eigenvalue weighted by Gasteiger charge is -1.96. The van der Waals surface area contributed by atoms with Gasteiger partial charge in [-0.2, -0.15) is 5.26 Å². The van der Waals surface area contributed by atoms with Crippen LogP contribution in [0.4, 0.5) is 0 Å². The van der Waals surface area contributed by atoms with Crippen LogP contribution in [0.3, 0.4) is 0 Å². The zero-order valence-corrected chi connectivity index (χ0v) is 7.30. The summed E-state index contributed by atoms with van der Waals surface area (Å²) in [6, 6.07) is 5.34. The fraction of sp³-hybridized carbons (Fsp3) is 0.143. The Labute approximate surface area is 73.0 Å². The van der Waals surface area contributed by atoms with Gasteiger partial charge in [-0.1, -0.05) is 0 Å². The molecule has 0 amide bonds. The molecule has 0 aliphatic heterocycles. The number of hydrogen-bond donors (Lipinski definition) is 1. The van der Waals surface area contributed by atoms with Crippen LogP contribution >= 0.6 is 15.9 Å². The maximum absolute atomic E-state index is 8.54. The predicted octanol–water partition coefficient (Wildman–Crippen LogP) is 1.17. The summed E-state index contributed by atoms with van der Waals surface area (Å²) in [5.74, 6) is 0. The van der Waals surface area contributed by atoms with E-state index in [4.69, 9.17) is 11.0 Å². The largest absolute Gasteiger partial charge is 0.325 e. The summed E-state index contributed by atoms with van der Waals surface area (Å²) < 4.78 is 0.650. The first-order valence-corrected chi connectivity index (χ1v) is 3.82. The van der Waals surface area contributed by atoms with Crippen molar-refractivity contribution in [2.45, 2.75) is 6.54 Å². The molecular formula is C7H6BrN3. The van der Waals surface area contributed by atoms with Crippen molar-refractivity contribution in [2.75, 3.05) is 0 Å². The van der Waals surface area contributed by atoms with Crippen molar-refractivity contribution in [1.29, 1.82) is 5.26 Å². The summed E-state index contributed by atoms with van der Waals surface area (Å²) in [4.78, 5) is 4.04. The van der Waals surface area contributed by atoms with Gasteiger partial charge in [-0.15, -0.1) is 0 Å². The van der Waals surface area contributed by atoms with Crippen LogP contribution in [0.1, 0.15) is 11.3 Å². The van der Waals surface area contributed by atoms with Gasteiger partial charge < -0.3 is 5.73 Å². The van der Waals surface area contributed by atoms with E-state index in [1.165, 1.54) is 0 Å². The molecule has 0 aromatic carbocycles. The van der Waals surface area contributed by atoms with E-state index < -0.39 is 0 Å². The van der Waals surface area contributed by atoms with Gasteiger partial charge >= 0.3 is 0 Å². The van der Waals surface area contributed by atoms with Crippen LogP contribution in [0.5, 0.6) is 0 Å². The number of nitrogens with two attached hydrogens (primary N) is 1. The minimum absolute atomic E-state index is 0.355. The van der Waals surface area contributed by atoms with E-state index in [2.05, 4.69) is 20.9 Å². The molecule has 1 rings (SSSR count). The molecule has 0 spiro atoms. The molecule has 4 heteroatoms. The Balaban J connectivity index is 3.15. The molecule has 0 aliphatic rings. The minimum Gasteiger partial charge on any atom is -0.325 e. The molecule has 3 nitrogen and oxygen atoms in total. The molecule has 0 saturated carbocycles. The molecule has 0 saturated heterocycles. The lowest BCUT2D eigenvalue weighted by atomic mass is 10.2. The minimum atomic E-state index is 0.355. The van der Waals surface area contributed by atoms with Crippen LogP contribution in [-0.2, 0) is 6.54 Å². The highest BCUT2D eigenvalue weighted by Gasteiger charge is 1.97. The third kappa shape index (κ3) is 2.00. The van der Waals surface area contributed by atoms with Gasteiger partial charge in [0.15, 0.2) is 0 Å². The fourth-order valence-electron chi connectivity index (χ4n) is 0.720. The summed E-state index contributed by atoms with van der Waals surface area (Å²) in [5.41, 5.74) is 6.64. The highest BCUT2D eigenvalue weighted by atomic mass is 79.9. The van der Waals surface area contributed by atoms with Gasteiger partial charge in [0, 0.05) is 6.54 Å². The van der Waals surface area contributed by atoms with Gasteiger partial charge in [-0.3, -0.25) is 0 Å². The van der Waals surface area contributed by atoms with Gasteiger partial charge in [0.1, 0.15) is 4.60 Å². The Bertz CT molecular complexity index is 303. The highest BCUT2D eigenvalue weighted by Crippen LogP contribution is 2.10. The number of halogens is 1. The zero-order chi connectivity index (χ0) is 8.27. The number of hydrogen-bond acceptors (Lipinski definition) is 3. The van der Waals surface area contributed by atoms with Crippen molar-refractivity contribution in [3.8, 4) is 6.07 Å². The fourth-order valence-corrected chi connectivity index (χ4v) is 1.19. The van der Waals surface area contributed by atoms with Gasteiger partial charge in [-0.25, -0.2) is 4.98 Å². The monoisotopic (exact) mass is 211 g/mol. The van der Waals surface area contributed by atoms with Crippen molar-refractivity contribution >= 4 is 15.9 Å². The quantitative estimate of drug-likeness (QED) is 0.710. The van der Waals surface area contributed by atoms with E-state index in [9.17, 15) is 0 Å². The van der Waals surface area contributed by atoms with Crippen LogP contribution in [0, 0.1) is 11.3 Å². The maximum atomic E-state index is 8.54. The Morgan fingerprint density at radius 1 is 1.64 bits per heavy atom. The molecular weight excluding hydrogens is 206 g/mol. The van der Waals surface area contributed by atoms with E-state index >= 15 is 0 Å². The van der Waals surface area contributed by atoms with Crippen molar-refractivity contribution in [3.05, 3.63) is 28.0 Å². The number of nitriles is 1. The third-order valence-electron chi connectivity index (χ3n) is 1.19. The maximum Gasteiger partial charge on any atom is 0.107 e. The van der Waals surface area contributed by atoms with Crippen LogP contribution in [0.2, 0.25) is 0 Å². The van der Waals surface area contributed by atoms with Gasteiger partial charge in [0.2, 0.25) is 0 Å². The zero-order valence-electron chi connectivity index (χ0n) is 5.71. The van der Waals surface area contributed by atoms with Crippen molar-refractivity contribution in [2.24, 2.45) is 5.73 Å². The molecule has 0 unspecified atom stereocenters. The topological polar surface area (TPSA) is 62.7 Å². The normalized spacial score (nSPS) is 9.18. The van der Waals surface area contributed by atoms with Crippen molar-refractivity contribution in [1.82, 2.24) is 4.98 Å².